The van der Waals surface area contributed by atoms with Gasteiger partial charge in [0.2, 0.25) is 0 Å². The van der Waals surface area contributed by atoms with E-state index in [2.05, 4.69) is 5.32 Å². The first kappa shape index (κ1) is 9.45. The molecule has 0 aromatic heterocycles. The zero-order valence-corrected chi connectivity index (χ0v) is 6.98. The van der Waals surface area contributed by atoms with E-state index in [0.717, 1.165) is 0 Å². The van der Waals surface area contributed by atoms with Crippen LogP contribution in [0.5, 0.6) is 0 Å². The summed E-state index contributed by atoms with van der Waals surface area (Å²) in [5.41, 5.74) is -1.23. The first-order chi connectivity index (χ1) is 5.62. The van der Waals surface area contributed by atoms with Crippen LogP contribution in [0.25, 0.3) is 0 Å². The maximum atomic E-state index is 13.6. The molecule has 0 aromatic rings. The van der Waals surface area contributed by atoms with Crippen molar-refractivity contribution in [3.05, 3.63) is 0 Å². The Balaban J connectivity index is 2.31. The molecule has 1 heterocycles. The molecule has 0 spiro atoms. The summed E-state index contributed by atoms with van der Waals surface area (Å²) >= 11 is 0. The Kier molecular flexibility index (Phi) is 3.03. The van der Waals surface area contributed by atoms with Gasteiger partial charge in [-0.3, -0.25) is 4.79 Å². The third-order valence-corrected chi connectivity index (χ3v) is 2.29. The van der Waals surface area contributed by atoms with Crippen LogP contribution in [0.15, 0.2) is 0 Å². The third-order valence-electron chi connectivity index (χ3n) is 2.29. The third kappa shape index (κ3) is 2.77. The van der Waals surface area contributed by atoms with Gasteiger partial charge in [-0.1, -0.05) is 0 Å². The van der Waals surface area contributed by atoms with Crippen LogP contribution in [0.3, 0.4) is 0 Å². The Morgan fingerprint density at radius 3 is 2.58 bits per heavy atom. The molecule has 12 heavy (non-hydrogen) atoms. The van der Waals surface area contributed by atoms with Gasteiger partial charge in [0.05, 0.1) is 0 Å². The minimum absolute atomic E-state index is 0.0590. The SMILES string of the molecule is O=C(O)CCC1(F)CCNCC1. The molecule has 0 amide bonds. The van der Waals surface area contributed by atoms with E-state index in [1.807, 2.05) is 0 Å². The summed E-state index contributed by atoms with van der Waals surface area (Å²) < 4.78 is 13.6. The van der Waals surface area contributed by atoms with Gasteiger partial charge in [0, 0.05) is 6.42 Å². The van der Waals surface area contributed by atoms with Crippen LogP contribution < -0.4 is 5.32 Å². The Bertz CT molecular complexity index is 166. The summed E-state index contributed by atoms with van der Waals surface area (Å²) in [6, 6.07) is 0. The number of piperidine rings is 1. The molecular formula is C8H14FNO2. The molecule has 2 N–H and O–H groups in total. The van der Waals surface area contributed by atoms with Crippen molar-refractivity contribution in [2.45, 2.75) is 31.4 Å². The number of carbonyl (C=O) groups is 1. The minimum atomic E-state index is -1.23. The van der Waals surface area contributed by atoms with Crippen molar-refractivity contribution in [1.82, 2.24) is 5.32 Å². The highest BCUT2D eigenvalue weighted by molar-refractivity contribution is 5.66. The van der Waals surface area contributed by atoms with E-state index in [0.29, 0.717) is 25.9 Å². The van der Waals surface area contributed by atoms with Gasteiger partial charge in [-0.25, -0.2) is 4.39 Å². The molecule has 3 nitrogen and oxygen atoms in total. The summed E-state index contributed by atoms with van der Waals surface area (Å²) in [7, 11) is 0. The zero-order valence-electron chi connectivity index (χ0n) is 6.98. The molecule has 0 atom stereocenters. The van der Waals surface area contributed by atoms with Crippen LogP contribution in [-0.2, 0) is 4.79 Å². The molecule has 0 saturated carbocycles. The molecule has 4 heteroatoms. The lowest BCUT2D eigenvalue weighted by molar-refractivity contribution is -0.138. The second kappa shape index (κ2) is 3.85. The van der Waals surface area contributed by atoms with Crippen LogP contribution in [0.2, 0.25) is 0 Å². The summed E-state index contributed by atoms with van der Waals surface area (Å²) in [4.78, 5) is 10.2. The Morgan fingerprint density at radius 1 is 1.50 bits per heavy atom. The average molecular weight is 175 g/mol. The second-order valence-electron chi connectivity index (χ2n) is 3.29. The van der Waals surface area contributed by atoms with Gasteiger partial charge in [0.15, 0.2) is 0 Å². The number of rotatable bonds is 3. The van der Waals surface area contributed by atoms with Crippen LogP contribution in [-0.4, -0.2) is 29.8 Å². The Hall–Kier alpha value is -0.640. The number of hydrogen-bond acceptors (Lipinski definition) is 2. The fraction of sp³-hybridized carbons (Fsp3) is 0.875. The highest BCUT2D eigenvalue weighted by Gasteiger charge is 2.31. The molecule has 0 unspecified atom stereocenters. The minimum Gasteiger partial charge on any atom is -0.481 e. The highest BCUT2D eigenvalue weighted by Crippen LogP contribution is 2.28. The van der Waals surface area contributed by atoms with E-state index in [-0.39, 0.29) is 12.8 Å². The molecule has 1 aliphatic heterocycles. The molecule has 70 valence electrons. The molecule has 1 fully saturated rings. The van der Waals surface area contributed by atoms with Crippen molar-refractivity contribution in [2.24, 2.45) is 0 Å². The fourth-order valence-electron chi connectivity index (χ4n) is 1.46. The second-order valence-corrected chi connectivity index (χ2v) is 3.29. The molecule has 1 saturated heterocycles. The average Bonchev–Trinajstić information content (AvgIpc) is 2.03. The van der Waals surface area contributed by atoms with Crippen molar-refractivity contribution < 1.29 is 14.3 Å². The summed E-state index contributed by atoms with van der Waals surface area (Å²) in [6.07, 6.45) is 0.987. The van der Waals surface area contributed by atoms with Gasteiger partial charge in [0.25, 0.3) is 0 Å². The van der Waals surface area contributed by atoms with Gasteiger partial charge in [-0.2, -0.15) is 0 Å². The van der Waals surface area contributed by atoms with E-state index in [1.165, 1.54) is 0 Å². The smallest absolute Gasteiger partial charge is 0.303 e. The zero-order chi connectivity index (χ0) is 9.03. The lowest BCUT2D eigenvalue weighted by Gasteiger charge is -2.29. The quantitative estimate of drug-likeness (QED) is 0.671. The lowest BCUT2D eigenvalue weighted by Crippen LogP contribution is -2.38. The fourth-order valence-corrected chi connectivity index (χ4v) is 1.46. The summed E-state index contributed by atoms with van der Waals surface area (Å²) in [5, 5.41) is 11.4. The van der Waals surface area contributed by atoms with E-state index in [4.69, 9.17) is 5.11 Å². The largest absolute Gasteiger partial charge is 0.481 e. The number of nitrogens with one attached hydrogen (secondary N) is 1. The molecule has 0 aromatic carbocycles. The van der Waals surface area contributed by atoms with E-state index < -0.39 is 11.6 Å². The Labute approximate surface area is 71.0 Å². The predicted octanol–water partition coefficient (Wildman–Crippen LogP) is 0.943. The van der Waals surface area contributed by atoms with E-state index in [1.54, 1.807) is 0 Å². The molecule has 0 radical (unpaired) electrons. The van der Waals surface area contributed by atoms with Crippen molar-refractivity contribution in [2.75, 3.05) is 13.1 Å². The number of hydrogen-bond donors (Lipinski definition) is 2. The molecule has 0 aliphatic carbocycles. The highest BCUT2D eigenvalue weighted by atomic mass is 19.1. The molecule has 0 bridgehead atoms. The van der Waals surface area contributed by atoms with Crippen molar-refractivity contribution >= 4 is 5.97 Å². The van der Waals surface area contributed by atoms with Crippen molar-refractivity contribution in [3.63, 3.8) is 0 Å². The predicted molar refractivity (Wildman–Crippen MR) is 42.8 cm³/mol. The van der Waals surface area contributed by atoms with E-state index >= 15 is 0 Å². The van der Waals surface area contributed by atoms with Crippen molar-refractivity contribution in [1.29, 1.82) is 0 Å². The number of alkyl halides is 1. The molecular weight excluding hydrogens is 161 g/mol. The van der Waals surface area contributed by atoms with Crippen LogP contribution >= 0.6 is 0 Å². The summed E-state index contributed by atoms with van der Waals surface area (Å²) in [6.45, 7) is 1.33. The molecule has 1 rings (SSSR count). The van der Waals surface area contributed by atoms with Gasteiger partial charge in [-0.05, 0) is 32.4 Å². The van der Waals surface area contributed by atoms with Gasteiger partial charge in [0.1, 0.15) is 5.67 Å². The summed E-state index contributed by atoms with van der Waals surface area (Å²) in [5.74, 6) is -0.912. The van der Waals surface area contributed by atoms with Crippen LogP contribution in [0, 0.1) is 0 Å². The molecule has 1 aliphatic rings. The van der Waals surface area contributed by atoms with Crippen LogP contribution in [0.4, 0.5) is 4.39 Å². The van der Waals surface area contributed by atoms with Crippen molar-refractivity contribution in [3.8, 4) is 0 Å². The topological polar surface area (TPSA) is 49.3 Å². The first-order valence-corrected chi connectivity index (χ1v) is 4.24. The normalized spacial score (nSPS) is 22.1. The standard InChI is InChI=1S/C8H14FNO2/c9-8(2-1-7(11)12)3-5-10-6-4-8/h10H,1-6H2,(H,11,12). The van der Waals surface area contributed by atoms with Gasteiger partial charge < -0.3 is 10.4 Å². The maximum Gasteiger partial charge on any atom is 0.303 e. The number of halogens is 1. The van der Waals surface area contributed by atoms with Gasteiger partial charge in [-0.15, -0.1) is 0 Å². The Morgan fingerprint density at radius 2 is 2.08 bits per heavy atom. The number of aliphatic carboxylic acids is 1. The maximum absolute atomic E-state index is 13.6. The monoisotopic (exact) mass is 175 g/mol. The van der Waals surface area contributed by atoms with E-state index in [9.17, 15) is 9.18 Å². The number of carboxylic acid groups (broad SMARTS) is 1. The lowest BCUT2D eigenvalue weighted by atomic mass is 9.90. The first-order valence-electron chi connectivity index (χ1n) is 4.24. The van der Waals surface area contributed by atoms with Crippen LogP contribution in [0.1, 0.15) is 25.7 Å². The number of carboxylic acids is 1. The van der Waals surface area contributed by atoms with Gasteiger partial charge >= 0.3 is 5.97 Å².